The van der Waals surface area contributed by atoms with Crippen molar-refractivity contribution in [2.75, 3.05) is 17.8 Å². The summed E-state index contributed by atoms with van der Waals surface area (Å²) in [6, 6.07) is 0.114. The molecule has 0 aromatic carbocycles. The third-order valence-electron chi connectivity index (χ3n) is 2.38. The Morgan fingerprint density at radius 1 is 1.37 bits per heavy atom. The van der Waals surface area contributed by atoms with Crippen molar-refractivity contribution in [2.24, 2.45) is 5.92 Å². The van der Waals surface area contributed by atoms with Gasteiger partial charge in [0, 0.05) is 18.0 Å². The molecule has 0 fully saturated rings. The number of hydrogen-bond acceptors (Lipinski definition) is 5. The Labute approximate surface area is 119 Å². The third-order valence-corrected chi connectivity index (χ3v) is 4.29. The molecule has 0 saturated carbocycles. The molecular weight excluding hydrogens is 284 g/mol. The molecule has 0 bridgehead atoms. The van der Waals surface area contributed by atoms with E-state index in [9.17, 15) is 8.42 Å². The molecule has 110 valence electrons. The van der Waals surface area contributed by atoms with Gasteiger partial charge in [-0.25, -0.2) is 9.71 Å². The molecular formula is C11H22N4O2S2. The number of hydrogen-bond donors (Lipinski definition) is 3. The van der Waals surface area contributed by atoms with Crippen molar-refractivity contribution < 1.29 is 8.42 Å². The van der Waals surface area contributed by atoms with E-state index in [1.807, 2.05) is 33.1 Å². The van der Waals surface area contributed by atoms with Crippen LogP contribution in [0.1, 0.15) is 39.4 Å². The quantitative estimate of drug-likeness (QED) is 0.683. The van der Waals surface area contributed by atoms with Crippen LogP contribution in [0, 0.1) is 5.92 Å². The Kier molecular flexibility index (Phi) is 6.18. The summed E-state index contributed by atoms with van der Waals surface area (Å²) in [4.78, 5) is 4.27. The number of nitrogens with zero attached hydrogens (tertiary/aromatic N) is 1. The van der Waals surface area contributed by atoms with Gasteiger partial charge in [0.25, 0.3) is 0 Å². The minimum Gasteiger partial charge on any atom is -0.309 e. The summed E-state index contributed by atoms with van der Waals surface area (Å²) in [6.45, 7) is 9.15. The second kappa shape index (κ2) is 7.18. The number of aromatic nitrogens is 1. The molecule has 1 aromatic heterocycles. The largest absolute Gasteiger partial charge is 0.309 e. The molecule has 6 nitrogen and oxygen atoms in total. The monoisotopic (exact) mass is 306 g/mol. The van der Waals surface area contributed by atoms with Crippen molar-refractivity contribution in [2.45, 2.75) is 33.7 Å². The first-order valence-electron chi connectivity index (χ1n) is 6.30. The summed E-state index contributed by atoms with van der Waals surface area (Å²) in [5.41, 5.74) is 0.841. The van der Waals surface area contributed by atoms with Gasteiger partial charge in [-0.05, 0) is 19.4 Å². The molecule has 0 radical (unpaired) electrons. The van der Waals surface area contributed by atoms with Gasteiger partial charge in [0.05, 0.1) is 5.69 Å². The van der Waals surface area contributed by atoms with Crippen LogP contribution in [-0.2, 0) is 10.2 Å². The normalized spacial score (nSPS) is 13.7. The van der Waals surface area contributed by atoms with Gasteiger partial charge in [-0.1, -0.05) is 20.8 Å². The van der Waals surface area contributed by atoms with Crippen LogP contribution in [0.3, 0.4) is 0 Å². The lowest BCUT2D eigenvalue weighted by atomic mass is 10.2. The first-order chi connectivity index (χ1) is 8.84. The van der Waals surface area contributed by atoms with E-state index in [1.165, 1.54) is 11.3 Å². The second-order valence-electron chi connectivity index (χ2n) is 4.70. The molecule has 8 heteroatoms. The Bertz CT molecular complexity index is 485. The van der Waals surface area contributed by atoms with Crippen molar-refractivity contribution in [1.82, 2.24) is 15.0 Å². The fourth-order valence-electron chi connectivity index (χ4n) is 1.37. The summed E-state index contributed by atoms with van der Waals surface area (Å²) < 4.78 is 28.4. The molecule has 0 spiro atoms. The van der Waals surface area contributed by atoms with Gasteiger partial charge in [0.15, 0.2) is 5.13 Å². The fraction of sp³-hybridized carbons (Fsp3) is 0.727. The van der Waals surface area contributed by atoms with Gasteiger partial charge in [-0.3, -0.25) is 0 Å². The lowest BCUT2D eigenvalue weighted by Gasteiger charge is -2.09. The number of thiazole rings is 1. The zero-order valence-corrected chi connectivity index (χ0v) is 13.4. The van der Waals surface area contributed by atoms with Crippen LogP contribution >= 0.6 is 11.3 Å². The molecule has 0 aliphatic heterocycles. The summed E-state index contributed by atoms with van der Waals surface area (Å²) in [6.07, 6.45) is 0. The van der Waals surface area contributed by atoms with Gasteiger partial charge in [0.1, 0.15) is 0 Å². The van der Waals surface area contributed by atoms with Gasteiger partial charge in [-0.15, -0.1) is 11.3 Å². The van der Waals surface area contributed by atoms with Crippen molar-refractivity contribution in [1.29, 1.82) is 0 Å². The molecule has 1 unspecified atom stereocenters. The molecule has 0 amide bonds. The zero-order chi connectivity index (χ0) is 14.5. The van der Waals surface area contributed by atoms with Crippen LogP contribution in [0.15, 0.2) is 5.38 Å². The average Bonchev–Trinajstić information content (AvgIpc) is 2.75. The molecule has 0 saturated heterocycles. The van der Waals surface area contributed by atoms with E-state index < -0.39 is 10.2 Å². The van der Waals surface area contributed by atoms with Gasteiger partial charge in [0.2, 0.25) is 0 Å². The highest BCUT2D eigenvalue weighted by molar-refractivity contribution is 7.91. The number of nitrogens with one attached hydrogen (secondary N) is 3. The van der Waals surface area contributed by atoms with E-state index >= 15 is 0 Å². The number of rotatable bonds is 8. The first-order valence-corrected chi connectivity index (χ1v) is 8.66. The SMILES string of the molecule is CCNC(C)c1csc(NS(=O)(=O)NCC(C)C)n1. The summed E-state index contributed by atoms with van der Waals surface area (Å²) in [7, 11) is -3.53. The van der Waals surface area contributed by atoms with Crippen LogP contribution in [0.25, 0.3) is 0 Å². The maximum Gasteiger partial charge on any atom is 0.300 e. The van der Waals surface area contributed by atoms with E-state index in [4.69, 9.17) is 0 Å². The van der Waals surface area contributed by atoms with Crippen molar-refractivity contribution in [3.63, 3.8) is 0 Å². The molecule has 1 rings (SSSR count). The van der Waals surface area contributed by atoms with E-state index in [0.717, 1.165) is 12.2 Å². The smallest absolute Gasteiger partial charge is 0.300 e. The lowest BCUT2D eigenvalue weighted by Crippen LogP contribution is -2.32. The van der Waals surface area contributed by atoms with Crippen LogP contribution in [0.2, 0.25) is 0 Å². The topological polar surface area (TPSA) is 83.1 Å². The minimum atomic E-state index is -3.53. The van der Waals surface area contributed by atoms with Gasteiger partial charge >= 0.3 is 10.2 Å². The predicted molar refractivity (Wildman–Crippen MR) is 79.6 cm³/mol. The summed E-state index contributed by atoms with van der Waals surface area (Å²) >= 11 is 1.28. The molecule has 0 aliphatic carbocycles. The average molecular weight is 306 g/mol. The Balaban J connectivity index is 2.62. The highest BCUT2D eigenvalue weighted by Crippen LogP contribution is 2.21. The Hall–Kier alpha value is -0.700. The first kappa shape index (κ1) is 16.4. The highest BCUT2D eigenvalue weighted by atomic mass is 32.2. The lowest BCUT2D eigenvalue weighted by molar-refractivity contribution is 0.564. The van der Waals surface area contributed by atoms with Gasteiger partial charge in [-0.2, -0.15) is 13.1 Å². The standard InChI is InChI=1S/C11H22N4O2S2/c1-5-12-9(4)10-7-18-11(14-10)15-19(16,17)13-6-8(2)3/h7-9,12-13H,5-6H2,1-4H3,(H,14,15). The minimum absolute atomic E-state index is 0.114. The molecule has 1 aromatic rings. The summed E-state index contributed by atoms with van der Waals surface area (Å²) in [5.74, 6) is 0.261. The van der Waals surface area contributed by atoms with Crippen molar-refractivity contribution in [3.05, 3.63) is 11.1 Å². The summed E-state index contributed by atoms with van der Waals surface area (Å²) in [5, 5.41) is 5.47. The molecule has 0 aliphatic rings. The highest BCUT2D eigenvalue weighted by Gasteiger charge is 2.14. The maximum absolute atomic E-state index is 11.7. The maximum atomic E-state index is 11.7. The van der Waals surface area contributed by atoms with Crippen LogP contribution < -0.4 is 14.8 Å². The molecule has 19 heavy (non-hydrogen) atoms. The van der Waals surface area contributed by atoms with Crippen LogP contribution in [0.4, 0.5) is 5.13 Å². The van der Waals surface area contributed by atoms with E-state index in [-0.39, 0.29) is 12.0 Å². The molecule has 1 heterocycles. The number of anilines is 1. The van der Waals surface area contributed by atoms with Crippen molar-refractivity contribution >= 4 is 26.7 Å². The predicted octanol–water partition coefficient (Wildman–Crippen LogP) is 1.72. The Morgan fingerprint density at radius 2 is 2.05 bits per heavy atom. The zero-order valence-electron chi connectivity index (χ0n) is 11.7. The van der Waals surface area contributed by atoms with Crippen LogP contribution in [0.5, 0.6) is 0 Å². The fourth-order valence-corrected chi connectivity index (χ4v) is 3.44. The third kappa shape index (κ3) is 5.85. The van der Waals surface area contributed by atoms with E-state index in [2.05, 4.69) is 19.7 Å². The Morgan fingerprint density at radius 3 is 2.63 bits per heavy atom. The van der Waals surface area contributed by atoms with Crippen molar-refractivity contribution in [3.8, 4) is 0 Å². The van der Waals surface area contributed by atoms with E-state index in [1.54, 1.807) is 0 Å². The van der Waals surface area contributed by atoms with Gasteiger partial charge < -0.3 is 5.32 Å². The molecule has 3 N–H and O–H groups in total. The van der Waals surface area contributed by atoms with Crippen LogP contribution in [-0.4, -0.2) is 26.5 Å². The van der Waals surface area contributed by atoms with E-state index in [0.29, 0.717) is 11.7 Å². The second-order valence-corrected chi connectivity index (χ2v) is 7.06. The molecule has 1 atom stereocenters.